The van der Waals surface area contributed by atoms with E-state index in [1.807, 2.05) is 12.1 Å². The predicted octanol–water partition coefficient (Wildman–Crippen LogP) is 6.18. The summed E-state index contributed by atoms with van der Waals surface area (Å²) in [6.45, 7) is 8.42. The topological polar surface area (TPSA) is 54.4 Å². The van der Waals surface area contributed by atoms with Gasteiger partial charge in [0.15, 0.2) is 0 Å². The summed E-state index contributed by atoms with van der Waals surface area (Å²) in [5, 5.41) is 11.4. The molecule has 2 aliphatic rings. The minimum atomic E-state index is 0.294. The Hall–Kier alpha value is -3.10. The molecule has 0 unspecified atom stereocenters. The van der Waals surface area contributed by atoms with Crippen molar-refractivity contribution in [3.05, 3.63) is 77.4 Å². The van der Waals surface area contributed by atoms with Gasteiger partial charge in [0.05, 0.1) is 20.3 Å². The van der Waals surface area contributed by atoms with Crippen molar-refractivity contribution in [2.45, 2.75) is 25.8 Å². The lowest BCUT2D eigenvalue weighted by Gasteiger charge is -2.27. The summed E-state index contributed by atoms with van der Waals surface area (Å²) < 4.78 is 18.5. The second kappa shape index (κ2) is 12.6. The van der Waals surface area contributed by atoms with E-state index >= 15 is 0 Å². The van der Waals surface area contributed by atoms with Crippen molar-refractivity contribution in [2.24, 2.45) is 0 Å². The first-order valence-electron chi connectivity index (χ1n) is 14.3. The van der Waals surface area contributed by atoms with Crippen LogP contribution in [0, 0.1) is 0 Å². The number of aromatic hydroxyl groups is 1. The van der Waals surface area contributed by atoms with Gasteiger partial charge in [-0.05, 0) is 103 Å². The molecule has 210 valence electrons. The average molecular weight is 559 g/mol. The zero-order valence-corrected chi connectivity index (χ0v) is 24.0. The molecule has 6 rings (SSSR count). The number of fused-ring (bicyclic) bond motifs is 1. The number of thiophene rings is 1. The Labute approximate surface area is 240 Å². The van der Waals surface area contributed by atoms with Crippen molar-refractivity contribution in [3.8, 4) is 27.7 Å². The van der Waals surface area contributed by atoms with Gasteiger partial charge in [-0.3, -0.25) is 9.80 Å². The molecular formula is C33H38N2O4S. The minimum absolute atomic E-state index is 0.294. The third-order valence-electron chi connectivity index (χ3n) is 8.00. The Kier molecular flexibility index (Phi) is 8.54. The first-order chi connectivity index (χ1) is 19.7. The standard InChI is InChI=1S/C33H38N2O4S/c1-37-31-21-24(4-5-26(31)23-35-14-17-38-18-15-35)20-30-29-11-8-27(36)22-32(29)40-33(30)25-6-9-28(10-7-25)39-19-16-34-12-2-3-13-34/h4-11,21-22,36H,2-3,12-20,23H2,1H3. The van der Waals surface area contributed by atoms with Crippen LogP contribution in [-0.2, 0) is 17.7 Å². The summed E-state index contributed by atoms with van der Waals surface area (Å²) >= 11 is 1.73. The van der Waals surface area contributed by atoms with E-state index < -0.39 is 0 Å². The fraction of sp³-hybridized carbons (Fsp3) is 0.394. The second-order valence-electron chi connectivity index (χ2n) is 10.7. The zero-order valence-electron chi connectivity index (χ0n) is 23.2. The molecule has 0 radical (unpaired) electrons. The van der Waals surface area contributed by atoms with Crippen LogP contribution < -0.4 is 9.47 Å². The van der Waals surface area contributed by atoms with Crippen LogP contribution in [-0.4, -0.2) is 74.6 Å². The molecule has 1 aromatic heterocycles. The number of rotatable bonds is 10. The predicted molar refractivity (Wildman–Crippen MR) is 162 cm³/mol. The van der Waals surface area contributed by atoms with E-state index in [-0.39, 0.29) is 0 Å². The van der Waals surface area contributed by atoms with Gasteiger partial charge < -0.3 is 19.3 Å². The lowest BCUT2D eigenvalue weighted by Crippen LogP contribution is -2.35. The van der Waals surface area contributed by atoms with Crippen LogP contribution in [0.3, 0.4) is 0 Å². The number of benzene rings is 3. The monoisotopic (exact) mass is 558 g/mol. The number of morpholine rings is 1. The van der Waals surface area contributed by atoms with Gasteiger partial charge in [-0.2, -0.15) is 0 Å². The molecule has 40 heavy (non-hydrogen) atoms. The van der Waals surface area contributed by atoms with Gasteiger partial charge in [0, 0.05) is 41.3 Å². The van der Waals surface area contributed by atoms with Crippen LogP contribution in [0.15, 0.2) is 60.7 Å². The van der Waals surface area contributed by atoms with E-state index in [2.05, 4.69) is 52.3 Å². The summed E-state index contributed by atoms with van der Waals surface area (Å²) in [7, 11) is 1.75. The summed E-state index contributed by atoms with van der Waals surface area (Å²) in [6, 6.07) is 20.8. The lowest BCUT2D eigenvalue weighted by atomic mass is 9.97. The molecule has 0 bridgehead atoms. The first-order valence-corrected chi connectivity index (χ1v) is 15.1. The van der Waals surface area contributed by atoms with Crippen LogP contribution in [0.2, 0.25) is 0 Å². The molecular weight excluding hydrogens is 520 g/mol. The van der Waals surface area contributed by atoms with E-state index in [9.17, 15) is 5.11 Å². The Balaban J connectivity index is 1.23. The Bertz CT molecular complexity index is 1420. The molecule has 3 aromatic carbocycles. The molecule has 6 nitrogen and oxygen atoms in total. The second-order valence-corrected chi connectivity index (χ2v) is 11.8. The molecule has 3 heterocycles. The van der Waals surface area contributed by atoms with Crippen LogP contribution in [0.5, 0.6) is 17.2 Å². The average Bonchev–Trinajstić information content (AvgIpc) is 3.63. The number of hydrogen-bond donors (Lipinski definition) is 1. The molecule has 0 spiro atoms. The summed E-state index contributed by atoms with van der Waals surface area (Å²) in [5.74, 6) is 2.13. The van der Waals surface area contributed by atoms with Crippen molar-refractivity contribution >= 4 is 21.4 Å². The minimum Gasteiger partial charge on any atom is -0.508 e. The summed E-state index contributed by atoms with van der Waals surface area (Å²) in [4.78, 5) is 6.11. The van der Waals surface area contributed by atoms with Crippen LogP contribution >= 0.6 is 11.3 Å². The number of phenolic OH excluding ortho intramolecular Hbond substituents is 1. The highest BCUT2D eigenvalue weighted by Crippen LogP contribution is 2.42. The van der Waals surface area contributed by atoms with Gasteiger partial charge in [-0.15, -0.1) is 11.3 Å². The van der Waals surface area contributed by atoms with Gasteiger partial charge >= 0.3 is 0 Å². The lowest BCUT2D eigenvalue weighted by molar-refractivity contribution is 0.0339. The van der Waals surface area contributed by atoms with E-state index in [1.54, 1.807) is 24.5 Å². The number of phenols is 1. The molecule has 1 N–H and O–H groups in total. The summed E-state index contributed by atoms with van der Waals surface area (Å²) in [6.07, 6.45) is 3.38. The van der Waals surface area contributed by atoms with Crippen LogP contribution in [0.25, 0.3) is 20.5 Å². The van der Waals surface area contributed by atoms with E-state index in [0.717, 1.165) is 68.6 Å². The molecule has 2 fully saturated rings. The Morgan fingerprint density at radius 2 is 1.70 bits per heavy atom. The highest BCUT2D eigenvalue weighted by atomic mass is 32.1. The third-order valence-corrected chi connectivity index (χ3v) is 9.24. The Morgan fingerprint density at radius 1 is 0.900 bits per heavy atom. The van der Waals surface area contributed by atoms with Crippen molar-refractivity contribution in [1.82, 2.24) is 9.80 Å². The van der Waals surface area contributed by atoms with E-state index in [1.165, 1.54) is 58.4 Å². The number of ether oxygens (including phenoxy) is 3. The van der Waals surface area contributed by atoms with Crippen molar-refractivity contribution in [2.75, 3.05) is 59.7 Å². The first kappa shape index (κ1) is 27.1. The SMILES string of the molecule is COc1cc(Cc2c(-c3ccc(OCCN4CCCC4)cc3)sc3cc(O)ccc23)ccc1CN1CCOCC1. The summed E-state index contributed by atoms with van der Waals surface area (Å²) in [5.41, 5.74) is 4.84. The van der Waals surface area contributed by atoms with Crippen molar-refractivity contribution < 1.29 is 19.3 Å². The van der Waals surface area contributed by atoms with Crippen LogP contribution in [0.1, 0.15) is 29.5 Å². The zero-order chi connectivity index (χ0) is 27.3. The van der Waals surface area contributed by atoms with E-state index in [4.69, 9.17) is 14.2 Å². The smallest absolute Gasteiger partial charge is 0.123 e. The number of hydrogen-bond acceptors (Lipinski definition) is 7. The number of likely N-dealkylation sites (tertiary alicyclic amines) is 1. The third kappa shape index (κ3) is 6.28. The van der Waals surface area contributed by atoms with Gasteiger partial charge in [0.2, 0.25) is 0 Å². The fourth-order valence-corrected chi connectivity index (χ4v) is 7.04. The number of methoxy groups -OCH3 is 1. The van der Waals surface area contributed by atoms with Gasteiger partial charge in [0.25, 0.3) is 0 Å². The molecule has 0 amide bonds. The fourth-order valence-electron chi connectivity index (χ4n) is 5.78. The highest BCUT2D eigenvalue weighted by molar-refractivity contribution is 7.22. The highest BCUT2D eigenvalue weighted by Gasteiger charge is 2.18. The maximum absolute atomic E-state index is 10.2. The Morgan fingerprint density at radius 3 is 2.48 bits per heavy atom. The van der Waals surface area contributed by atoms with Gasteiger partial charge in [-0.25, -0.2) is 0 Å². The molecule has 2 aliphatic heterocycles. The van der Waals surface area contributed by atoms with Crippen molar-refractivity contribution in [1.29, 1.82) is 0 Å². The quantitative estimate of drug-likeness (QED) is 0.251. The molecule has 0 aliphatic carbocycles. The number of nitrogens with zero attached hydrogens (tertiary/aromatic N) is 2. The van der Waals surface area contributed by atoms with Gasteiger partial charge in [-0.1, -0.05) is 12.1 Å². The molecule has 2 saturated heterocycles. The van der Waals surface area contributed by atoms with E-state index in [0.29, 0.717) is 5.75 Å². The molecule has 0 atom stereocenters. The molecule has 0 saturated carbocycles. The normalized spacial score (nSPS) is 16.5. The van der Waals surface area contributed by atoms with Gasteiger partial charge in [0.1, 0.15) is 23.9 Å². The molecule has 4 aromatic rings. The maximum atomic E-state index is 10.2. The molecule has 7 heteroatoms. The largest absolute Gasteiger partial charge is 0.508 e. The maximum Gasteiger partial charge on any atom is 0.123 e. The van der Waals surface area contributed by atoms with Crippen LogP contribution in [0.4, 0.5) is 0 Å². The van der Waals surface area contributed by atoms with Crippen molar-refractivity contribution in [3.63, 3.8) is 0 Å².